The number of aromatic hydroxyl groups is 1. The van der Waals surface area contributed by atoms with Crippen molar-refractivity contribution in [2.75, 3.05) is 31.1 Å². The maximum absolute atomic E-state index is 14.4. The van der Waals surface area contributed by atoms with Gasteiger partial charge in [0, 0.05) is 31.6 Å². The fraction of sp³-hybridized carbons (Fsp3) is 0.440. The number of hydrogen-bond donors (Lipinski definition) is 1. The number of rotatable bonds is 2. The Labute approximate surface area is 207 Å². The average molecular weight is 500 g/mol. The Morgan fingerprint density at radius 3 is 2.57 bits per heavy atom. The number of amides is 1. The average Bonchev–Trinajstić information content (AvgIpc) is 2.76. The largest absolute Gasteiger partial charge is 0.507 e. The molecule has 0 saturated carbocycles. The quantitative estimate of drug-likeness (QED) is 0.528. The zero-order chi connectivity index (χ0) is 25.0. The molecule has 2 aliphatic rings. The van der Waals surface area contributed by atoms with Gasteiger partial charge in [-0.15, -0.1) is 0 Å². The van der Waals surface area contributed by atoms with E-state index >= 15 is 0 Å². The molecule has 184 valence electrons. The molecular weight excluding hydrogens is 473 g/mol. The predicted octanol–water partition coefficient (Wildman–Crippen LogP) is 5.03. The van der Waals surface area contributed by atoms with Crippen LogP contribution in [0, 0.1) is 11.2 Å². The van der Waals surface area contributed by atoms with Crippen LogP contribution in [-0.4, -0.2) is 62.8 Å². The molecule has 1 N–H and O–H groups in total. The van der Waals surface area contributed by atoms with E-state index in [0.29, 0.717) is 29.9 Å². The van der Waals surface area contributed by atoms with E-state index in [9.17, 15) is 14.3 Å². The summed E-state index contributed by atoms with van der Waals surface area (Å²) in [6, 6.07) is 5.73. The van der Waals surface area contributed by atoms with Crippen molar-refractivity contribution in [3.8, 4) is 17.0 Å². The Morgan fingerprint density at radius 1 is 1.20 bits per heavy atom. The molecule has 0 bridgehead atoms. The molecule has 4 heterocycles. The van der Waals surface area contributed by atoms with Crippen LogP contribution < -0.4 is 4.90 Å². The standard InChI is InChI=1S/C25H27ClFN5O3/c1-24(2,3)35-23(34)32-12-25(13-32)7-9-31(10-8-25)22-15-11-16(26)20(30-21(15)28-14-29-22)19-17(27)5-4-6-18(19)33/h4-6,11,14,33H,7-10,12-13H2,1-3H3. The third kappa shape index (κ3) is 4.45. The van der Waals surface area contributed by atoms with Crippen molar-refractivity contribution < 1.29 is 19.0 Å². The summed E-state index contributed by atoms with van der Waals surface area (Å²) in [5.74, 6) is -0.141. The third-order valence-electron chi connectivity index (χ3n) is 6.61. The molecule has 0 atom stereocenters. The van der Waals surface area contributed by atoms with Gasteiger partial charge in [-0.25, -0.2) is 24.1 Å². The van der Waals surface area contributed by atoms with Crippen LogP contribution in [0.5, 0.6) is 5.75 Å². The van der Waals surface area contributed by atoms with E-state index in [-0.39, 0.29) is 33.5 Å². The number of halogens is 2. The number of piperidine rings is 1. The van der Waals surface area contributed by atoms with Crippen LogP contribution in [-0.2, 0) is 4.74 Å². The topological polar surface area (TPSA) is 91.7 Å². The highest BCUT2D eigenvalue weighted by molar-refractivity contribution is 6.34. The molecule has 2 aliphatic heterocycles. The number of aromatic nitrogens is 3. The molecule has 2 fully saturated rings. The second-order valence-electron chi connectivity index (χ2n) is 10.3. The van der Waals surface area contributed by atoms with E-state index in [2.05, 4.69) is 19.9 Å². The number of carbonyl (C=O) groups excluding carboxylic acids is 1. The summed E-state index contributed by atoms with van der Waals surface area (Å²) in [5, 5.41) is 11.0. The molecule has 2 aromatic heterocycles. The minimum absolute atomic E-state index is 0.0565. The molecule has 8 nitrogen and oxygen atoms in total. The number of benzene rings is 1. The SMILES string of the molecule is CC(C)(C)OC(=O)N1CC2(CCN(c3ncnc4nc(-c5c(O)cccc5F)c(Cl)cc34)CC2)C1. The van der Waals surface area contributed by atoms with E-state index in [1.165, 1.54) is 24.5 Å². The number of phenols is 1. The van der Waals surface area contributed by atoms with Gasteiger partial charge in [-0.1, -0.05) is 17.7 Å². The molecular formula is C25H27ClFN5O3. The lowest BCUT2D eigenvalue weighted by Gasteiger charge is -2.53. The number of phenolic OH excluding ortho intramolecular Hbond substituents is 1. The monoisotopic (exact) mass is 499 g/mol. The number of anilines is 1. The van der Waals surface area contributed by atoms with Gasteiger partial charge in [0.25, 0.3) is 0 Å². The zero-order valence-corrected chi connectivity index (χ0v) is 20.6. The van der Waals surface area contributed by atoms with Crippen molar-refractivity contribution in [2.24, 2.45) is 5.41 Å². The van der Waals surface area contributed by atoms with Crippen molar-refractivity contribution in [3.05, 3.63) is 41.4 Å². The Hall–Kier alpha value is -3.20. The fourth-order valence-electron chi connectivity index (χ4n) is 4.85. The van der Waals surface area contributed by atoms with Gasteiger partial charge < -0.3 is 19.6 Å². The van der Waals surface area contributed by atoms with Crippen molar-refractivity contribution >= 4 is 34.5 Å². The Kier molecular flexibility index (Phi) is 5.70. The highest BCUT2D eigenvalue weighted by Crippen LogP contribution is 2.43. The van der Waals surface area contributed by atoms with Crippen LogP contribution in [0.2, 0.25) is 5.02 Å². The normalized spacial score (nSPS) is 17.5. The third-order valence-corrected chi connectivity index (χ3v) is 6.90. The van der Waals surface area contributed by atoms with Crippen LogP contribution in [0.15, 0.2) is 30.6 Å². The number of pyridine rings is 1. The molecule has 0 aliphatic carbocycles. The summed E-state index contributed by atoms with van der Waals surface area (Å²) in [6.45, 7) is 8.53. The van der Waals surface area contributed by atoms with Gasteiger partial charge in [0.2, 0.25) is 0 Å². The van der Waals surface area contributed by atoms with Gasteiger partial charge in [0.1, 0.15) is 29.3 Å². The zero-order valence-electron chi connectivity index (χ0n) is 19.9. The number of nitrogens with zero attached hydrogens (tertiary/aromatic N) is 5. The molecule has 1 spiro atoms. The lowest BCUT2D eigenvalue weighted by molar-refractivity contribution is -0.0434. The van der Waals surface area contributed by atoms with Crippen LogP contribution in [0.1, 0.15) is 33.6 Å². The van der Waals surface area contributed by atoms with Crippen molar-refractivity contribution in [1.29, 1.82) is 0 Å². The predicted molar refractivity (Wildman–Crippen MR) is 131 cm³/mol. The van der Waals surface area contributed by atoms with E-state index in [4.69, 9.17) is 16.3 Å². The molecule has 1 amide bonds. The maximum atomic E-state index is 14.4. The summed E-state index contributed by atoms with van der Waals surface area (Å²) in [7, 11) is 0. The van der Waals surface area contributed by atoms with Crippen LogP contribution >= 0.6 is 11.6 Å². The number of fused-ring (bicyclic) bond motifs is 1. The molecule has 10 heteroatoms. The second-order valence-corrected chi connectivity index (χ2v) is 10.8. The molecule has 2 saturated heterocycles. The van der Waals surface area contributed by atoms with Gasteiger partial charge in [-0.2, -0.15) is 0 Å². The van der Waals surface area contributed by atoms with E-state index < -0.39 is 11.4 Å². The first kappa shape index (κ1) is 23.5. The van der Waals surface area contributed by atoms with E-state index in [0.717, 1.165) is 25.9 Å². The molecule has 0 unspecified atom stereocenters. The van der Waals surface area contributed by atoms with Crippen molar-refractivity contribution in [2.45, 2.75) is 39.2 Å². The Morgan fingerprint density at radius 2 is 1.91 bits per heavy atom. The first-order valence-corrected chi connectivity index (χ1v) is 12.0. The Bertz CT molecular complexity index is 1280. The summed E-state index contributed by atoms with van der Waals surface area (Å²) < 4.78 is 19.9. The first-order valence-electron chi connectivity index (χ1n) is 11.6. The molecule has 0 radical (unpaired) electrons. The minimum Gasteiger partial charge on any atom is -0.507 e. The van der Waals surface area contributed by atoms with Crippen LogP contribution in [0.25, 0.3) is 22.3 Å². The van der Waals surface area contributed by atoms with Gasteiger partial charge >= 0.3 is 6.09 Å². The summed E-state index contributed by atoms with van der Waals surface area (Å²) in [6.07, 6.45) is 3.01. The summed E-state index contributed by atoms with van der Waals surface area (Å²) in [4.78, 5) is 29.5. The fourth-order valence-corrected chi connectivity index (χ4v) is 5.10. The van der Waals surface area contributed by atoms with Crippen molar-refractivity contribution in [3.63, 3.8) is 0 Å². The number of carbonyl (C=O) groups is 1. The van der Waals surface area contributed by atoms with Gasteiger partial charge in [-0.05, 0) is 51.8 Å². The van der Waals surface area contributed by atoms with Crippen LogP contribution in [0.4, 0.5) is 15.0 Å². The molecule has 3 aromatic rings. The summed E-state index contributed by atoms with van der Waals surface area (Å²) >= 11 is 6.50. The smallest absolute Gasteiger partial charge is 0.410 e. The molecule has 35 heavy (non-hydrogen) atoms. The van der Waals surface area contributed by atoms with Gasteiger partial charge in [-0.3, -0.25) is 0 Å². The first-order chi connectivity index (χ1) is 16.6. The van der Waals surface area contributed by atoms with Crippen molar-refractivity contribution in [1.82, 2.24) is 19.9 Å². The Balaban J connectivity index is 1.34. The minimum atomic E-state index is -0.615. The number of hydrogen-bond acceptors (Lipinski definition) is 7. The maximum Gasteiger partial charge on any atom is 0.410 e. The second kappa shape index (κ2) is 8.48. The highest BCUT2D eigenvalue weighted by atomic mass is 35.5. The number of ether oxygens (including phenoxy) is 1. The van der Waals surface area contributed by atoms with Gasteiger partial charge in [0.15, 0.2) is 5.65 Å². The lowest BCUT2D eigenvalue weighted by atomic mass is 9.72. The summed E-state index contributed by atoms with van der Waals surface area (Å²) in [5.41, 5.74) is 0.0453. The number of likely N-dealkylation sites (tertiary alicyclic amines) is 1. The van der Waals surface area contributed by atoms with E-state index in [1.54, 1.807) is 11.0 Å². The van der Waals surface area contributed by atoms with Gasteiger partial charge in [0.05, 0.1) is 21.7 Å². The molecule has 5 rings (SSSR count). The lowest BCUT2D eigenvalue weighted by Crippen LogP contribution is -2.62. The molecule has 1 aromatic carbocycles. The highest BCUT2D eigenvalue weighted by Gasteiger charge is 2.48. The van der Waals surface area contributed by atoms with Crippen LogP contribution in [0.3, 0.4) is 0 Å². The van der Waals surface area contributed by atoms with E-state index in [1.807, 2.05) is 20.8 Å².